The van der Waals surface area contributed by atoms with E-state index in [-0.39, 0.29) is 6.61 Å². The highest BCUT2D eigenvalue weighted by atomic mass is 16.5. The monoisotopic (exact) mass is 445 g/mol. The van der Waals surface area contributed by atoms with Crippen LogP contribution in [-0.2, 0) is 23.3 Å². The van der Waals surface area contributed by atoms with E-state index in [2.05, 4.69) is 6.58 Å². The molecule has 0 saturated heterocycles. The van der Waals surface area contributed by atoms with Gasteiger partial charge in [0.2, 0.25) is 0 Å². The van der Waals surface area contributed by atoms with Gasteiger partial charge in [-0.05, 0) is 46.5 Å². The van der Waals surface area contributed by atoms with Gasteiger partial charge in [-0.3, -0.25) is 4.90 Å². The van der Waals surface area contributed by atoms with Crippen molar-refractivity contribution in [1.29, 1.82) is 0 Å². The van der Waals surface area contributed by atoms with E-state index in [9.17, 15) is 9.90 Å². The molecule has 3 aromatic rings. The fourth-order valence-electron chi connectivity index (χ4n) is 4.49. The van der Waals surface area contributed by atoms with E-state index in [1.54, 1.807) is 20.3 Å². The molecule has 1 aliphatic rings. The number of methoxy groups -OCH3 is 2. The predicted octanol–water partition coefficient (Wildman–Crippen LogP) is 5.21. The van der Waals surface area contributed by atoms with Crippen LogP contribution in [0.2, 0.25) is 0 Å². The van der Waals surface area contributed by atoms with E-state index in [1.807, 2.05) is 72.8 Å². The summed E-state index contributed by atoms with van der Waals surface area (Å²) in [4.78, 5) is 14.1. The standard InChI is InChI=1S/C27H27NO5/c1-4-27(21-11-14-22(31-2)15-12-21)24-17-23(32-3)13-10-20(24)16-25(28(27)26(29)30)33-18-19-8-6-5-7-9-19/h4-15,17,25H,1,16,18H2,2-3H3,(H,29,30). The third-order valence-corrected chi connectivity index (χ3v) is 6.11. The summed E-state index contributed by atoms with van der Waals surface area (Å²) in [6.07, 6.45) is 0.254. The lowest BCUT2D eigenvalue weighted by Gasteiger charge is -2.49. The van der Waals surface area contributed by atoms with E-state index in [1.165, 1.54) is 4.90 Å². The van der Waals surface area contributed by atoms with Crippen molar-refractivity contribution in [2.24, 2.45) is 0 Å². The minimum Gasteiger partial charge on any atom is -0.497 e. The highest BCUT2D eigenvalue weighted by Gasteiger charge is 2.49. The van der Waals surface area contributed by atoms with Gasteiger partial charge in [0.1, 0.15) is 23.3 Å². The number of amides is 1. The average molecular weight is 446 g/mol. The van der Waals surface area contributed by atoms with Crippen molar-refractivity contribution in [2.75, 3.05) is 14.2 Å². The van der Waals surface area contributed by atoms with Crippen molar-refractivity contribution in [1.82, 2.24) is 4.90 Å². The van der Waals surface area contributed by atoms with Crippen LogP contribution in [0.3, 0.4) is 0 Å². The molecule has 0 bridgehead atoms. The first-order valence-electron chi connectivity index (χ1n) is 10.7. The zero-order valence-corrected chi connectivity index (χ0v) is 18.7. The molecule has 0 saturated carbocycles. The van der Waals surface area contributed by atoms with Gasteiger partial charge in [0.05, 0.1) is 20.8 Å². The molecule has 1 N–H and O–H groups in total. The Balaban J connectivity index is 1.87. The molecule has 2 atom stereocenters. The van der Waals surface area contributed by atoms with Crippen LogP contribution in [0.5, 0.6) is 11.5 Å². The van der Waals surface area contributed by atoms with E-state index >= 15 is 0 Å². The number of carboxylic acid groups (broad SMARTS) is 1. The molecule has 4 rings (SSSR count). The number of nitrogens with zero attached hydrogens (tertiary/aromatic N) is 1. The van der Waals surface area contributed by atoms with Gasteiger partial charge >= 0.3 is 6.09 Å². The minimum atomic E-state index is -1.18. The molecule has 0 fully saturated rings. The van der Waals surface area contributed by atoms with E-state index in [0.29, 0.717) is 17.9 Å². The highest BCUT2D eigenvalue weighted by molar-refractivity contribution is 5.71. The van der Waals surface area contributed by atoms with Crippen LogP contribution in [0.25, 0.3) is 0 Å². The van der Waals surface area contributed by atoms with E-state index < -0.39 is 17.9 Å². The summed E-state index contributed by atoms with van der Waals surface area (Å²) in [6, 6.07) is 22.8. The Morgan fingerprint density at radius 2 is 1.73 bits per heavy atom. The number of ether oxygens (including phenoxy) is 3. The van der Waals surface area contributed by atoms with Gasteiger partial charge in [-0.15, -0.1) is 6.58 Å². The normalized spacial score (nSPS) is 19.5. The third-order valence-electron chi connectivity index (χ3n) is 6.11. The Hall–Kier alpha value is -3.77. The number of carbonyl (C=O) groups is 1. The van der Waals surface area contributed by atoms with Crippen molar-refractivity contribution in [3.8, 4) is 11.5 Å². The van der Waals surface area contributed by atoms with Gasteiger partial charge in [-0.1, -0.05) is 54.6 Å². The lowest BCUT2D eigenvalue weighted by Crippen LogP contribution is -2.58. The maximum atomic E-state index is 12.8. The summed E-state index contributed by atoms with van der Waals surface area (Å²) < 4.78 is 17.0. The van der Waals surface area contributed by atoms with Gasteiger partial charge in [0, 0.05) is 6.42 Å². The van der Waals surface area contributed by atoms with Gasteiger partial charge in [-0.2, -0.15) is 0 Å². The number of fused-ring (bicyclic) bond motifs is 1. The summed E-state index contributed by atoms with van der Waals surface area (Å²) in [5, 5.41) is 10.4. The molecule has 170 valence electrons. The van der Waals surface area contributed by atoms with Crippen LogP contribution in [0.15, 0.2) is 85.5 Å². The molecule has 6 heteroatoms. The molecule has 0 aromatic heterocycles. The third kappa shape index (κ3) is 4.05. The SMILES string of the molecule is C=CC1(c2ccc(OC)cc2)c2cc(OC)ccc2CC(OCc2ccccc2)N1C(=O)O. The second kappa shape index (κ2) is 9.38. The zero-order valence-electron chi connectivity index (χ0n) is 18.7. The Morgan fingerprint density at radius 1 is 1.06 bits per heavy atom. The van der Waals surface area contributed by atoms with Gasteiger partial charge in [0.15, 0.2) is 0 Å². The van der Waals surface area contributed by atoms with Gasteiger partial charge in [-0.25, -0.2) is 4.79 Å². The molecule has 0 radical (unpaired) electrons. The average Bonchev–Trinajstić information content (AvgIpc) is 2.86. The fourth-order valence-corrected chi connectivity index (χ4v) is 4.49. The number of hydrogen-bond acceptors (Lipinski definition) is 4. The van der Waals surface area contributed by atoms with Crippen LogP contribution in [0.4, 0.5) is 4.79 Å². The molecule has 1 amide bonds. The van der Waals surface area contributed by atoms with Crippen molar-refractivity contribution >= 4 is 6.09 Å². The molecule has 1 heterocycles. The molecule has 33 heavy (non-hydrogen) atoms. The molecule has 3 aromatic carbocycles. The van der Waals surface area contributed by atoms with Crippen molar-refractivity contribution in [3.63, 3.8) is 0 Å². The maximum Gasteiger partial charge on any atom is 0.410 e. The first-order chi connectivity index (χ1) is 16.0. The van der Waals surface area contributed by atoms with Crippen molar-refractivity contribution in [3.05, 3.63) is 108 Å². The number of rotatable bonds is 7. The quantitative estimate of drug-likeness (QED) is 0.506. The highest BCUT2D eigenvalue weighted by Crippen LogP contribution is 2.46. The Bertz CT molecular complexity index is 1130. The van der Waals surface area contributed by atoms with Gasteiger partial charge < -0.3 is 19.3 Å². The van der Waals surface area contributed by atoms with Crippen LogP contribution in [0, 0.1) is 0 Å². The summed E-state index contributed by atoms with van der Waals surface area (Å²) >= 11 is 0. The first-order valence-corrected chi connectivity index (χ1v) is 10.7. The van der Waals surface area contributed by atoms with Crippen LogP contribution < -0.4 is 9.47 Å². The molecule has 1 aliphatic heterocycles. The predicted molar refractivity (Wildman–Crippen MR) is 126 cm³/mol. The molecule has 0 spiro atoms. The largest absolute Gasteiger partial charge is 0.497 e. The molecule has 6 nitrogen and oxygen atoms in total. The van der Waals surface area contributed by atoms with Crippen molar-refractivity contribution < 1.29 is 24.1 Å². The summed E-state index contributed by atoms with van der Waals surface area (Å²) in [5.74, 6) is 1.32. The Morgan fingerprint density at radius 3 is 2.33 bits per heavy atom. The second-order valence-corrected chi connectivity index (χ2v) is 7.83. The van der Waals surface area contributed by atoms with E-state index in [0.717, 1.165) is 22.3 Å². The van der Waals surface area contributed by atoms with E-state index in [4.69, 9.17) is 14.2 Å². The Kier molecular flexibility index (Phi) is 6.38. The lowest BCUT2D eigenvalue weighted by molar-refractivity contribution is -0.0894. The summed E-state index contributed by atoms with van der Waals surface area (Å²) in [5.41, 5.74) is 2.30. The smallest absolute Gasteiger partial charge is 0.410 e. The zero-order chi connectivity index (χ0) is 23.4. The van der Waals surface area contributed by atoms with Gasteiger partial charge in [0.25, 0.3) is 0 Å². The fraction of sp³-hybridized carbons (Fsp3) is 0.222. The minimum absolute atomic E-state index is 0.288. The summed E-state index contributed by atoms with van der Waals surface area (Å²) in [7, 11) is 3.18. The molecular weight excluding hydrogens is 418 g/mol. The van der Waals surface area contributed by atoms with Crippen LogP contribution in [0.1, 0.15) is 22.3 Å². The first kappa shape index (κ1) is 22.4. The summed E-state index contributed by atoms with van der Waals surface area (Å²) in [6.45, 7) is 4.37. The molecule has 2 unspecified atom stereocenters. The topological polar surface area (TPSA) is 68.2 Å². The second-order valence-electron chi connectivity index (χ2n) is 7.83. The maximum absolute atomic E-state index is 12.8. The number of benzene rings is 3. The van der Waals surface area contributed by atoms with Crippen LogP contribution in [-0.4, -0.2) is 36.5 Å². The molecular formula is C27H27NO5. The van der Waals surface area contributed by atoms with Crippen molar-refractivity contribution in [2.45, 2.75) is 24.8 Å². The molecule has 0 aliphatic carbocycles. The number of hydrogen-bond donors (Lipinski definition) is 1. The Labute approximate surface area is 193 Å². The lowest BCUT2D eigenvalue weighted by atomic mass is 9.75. The van der Waals surface area contributed by atoms with Crippen LogP contribution >= 0.6 is 0 Å².